The van der Waals surface area contributed by atoms with E-state index in [-0.39, 0.29) is 22.4 Å². The molecule has 0 amide bonds. The van der Waals surface area contributed by atoms with E-state index in [2.05, 4.69) is 9.72 Å². The first-order valence-electron chi connectivity index (χ1n) is 5.38. The van der Waals surface area contributed by atoms with E-state index in [1.165, 1.54) is 31.8 Å². The molecule has 0 unspecified atom stereocenters. The maximum Gasteiger partial charge on any atom is 0.388 e. The summed E-state index contributed by atoms with van der Waals surface area (Å²) in [5.41, 5.74) is 4.98. The Kier molecular flexibility index (Phi) is 2.85. The summed E-state index contributed by atoms with van der Waals surface area (Å²) in [5, 5.41) is 0.180. The number of aryl methyl sites for hydroxylation is 1. The minimum absolute atomic E-state index is 0.0302. The first-order chi connectivity index (χ1) is 8.88. The van der Waals surface area contributed by atoms with Crippen molar-refractivity contribution in [2.24, 2.45) is 14.1 Å². The number of H-pyrrole nitrogens is 1. The van der Waals surface area contributed by atoms with Gasteiger partial charge >= 0.3 is 11.7 Å². The van der Waals surface area contributed by atoms with E-state index in [1.54, 1.807) is 0 Å². The number of hydrogen-bond acceptors (Lipinski definition) is 5. The van der Waals surface area contributed by atoms with E-state index in [4.69, 9.17) is 5.73 Å². The largest absolute Gasteiger partial charge is 0.465 e. The van der Waals surface area contributed by atoms with E-state index in [0.29, 0.717) is 0 Å². The summed E-state index contributed by atoms with van der Waals surface area (Å²) < 4.78 is 6.77. The molecule has 0 aliphatic carbocycles. The van der Waals surface area contributed by atoms with E-state index in [1.807, 2.05) is 0 Å². The Morgan fingerprint density at radius 3 is 2.53 bits per heavy atom. The molecule has 0 spiro atoms. The summed E-state index contributed by atoms with van der Waals surface area (Å²) in [6, 6.07) is 1.31. The van der Waals surface area contributed by atoms with Gasteiger partial charge in [0.25, 0.3) is 5.56 Å². The average molecular weight is 265 g/mol. The van der Waals surface area contributed by atoms with Crippen molar-refractivity contribution in [1.29, 1.82) is 0 Å². The molecule has 2 rings (SSSR count). The van der Waals surface area contributed by atoms with Crippen molar-refractivity contribution in [3.05, 3.63) is 32.5 Å². The highest BCUT2D eigenvalue weighted by Crippen LogP contribution is 2.11. The SMILES string of the molecule is COC(=O)c1cc2c(=O)n(C)c(=O)n(C)c2[nH+]c1N. The molecular weight excluding hydrogens is 252 g/mol. The molecule has 100 valence electrons. The first-order valence-corrected chi connectivity index (χ1v) is 5.38. The van der Waals surface area contributed by atoms with Crippen LogP contribution in [0, 0.1) is 0 Å². The number of hydrogen-bond donors (Lipinski definition) is 1. The number of anilines is 1. The van der Waals surface area contributed by atoms with Gasteiger partial charge in [0.1, 0.15) is 10.9 Å². The molecular formula is C11H13N4O4+. The fraction of sp³-hybridized carbons (Fsp3) is 0.273. The van der Waals surface area contributed by atoms with Crippen molar-refractivity contribution in [2.75, 3.05) is 12.8 Å². The number of nitrogens with zero attached hydrogens (tertiary/aromatic N) is 2. The first kappa shape index (κ1) is 12.8. The van der Waals surface area contributed by atoms with Gasteiger partial charge in [-0.2, -0.15) is 0 Å². The van der Waals surface area contributed by atoms with Crippen molar-refractivity contribution >= 4 is 22.8 Å². The second-order valence-electron chi connectivity index (χ2n) is 4.06. The number of fused-ring (bicyclic) bond motifs is 1. The molecule has 8 nitrogen and oxygen atoms in total. The molecule has 0 aliphatic rings. The van der Waals surface area contributed by atoms with Gasteiger partial charge in [0.2, 0.25) is 11.5 Å². The number of aromatic nitrogens is 3. The van der Waals surface area contributed by atoms with Crippen molar-refractivity contribution in [3.8, 4) is 0 Å². The van der Waals surface area contributed by atoms with Gasteiger partial charge < -0.3 is 10.5 Å². The second kappa shape index (κ2) is 4.23. The topological polar surface area (TPSA) is 110 Å². The lowest BCUT2D eigenvalue weighted by atomic mass is 10.2. The van der Waals surface area contributed by atoms with Crippen molar-refractivity contribution in [2.45, 2.75) is 0 Å². The molecule has 2 heterocycles. The molecule has 0 atom stereocenters. The Morgan fingerprint density at radius 2 is 1.95 bits per heavy atom. The molecule has 8 heteroatoms. The zero-order valence-corrected chi connectivity index (χ0v) is 10.7. The molecule has 2 aromatic heterocycles. The van der Waals surface area contributed by atoms with Gasteiger partial charge in [0.15, 0.2) is 0 Å². The number of methoxy groups -OCH3 is 1. The van der Waals surface area contributed by atoms with Crippen LogP contribution >= 0.6 is 0 Å². The molecule has 3 N–H and O–H groups in total. The molecule has 19 heavy (non-hydrogen) atoms. The highest BCUT2D eigenvalue weighted by molar-refractivity contribution is 5.96. The predicted octanol–water partition coefficient (Wildman–Crippen LogP) is -1.58. The number of pyridine rings is 1. The molecule has 0 saturated carbocycles. The van der Waals surface area contributed by atoms with Crippen LogP contribution in [0.2, 0.25) is 0 Å². The molecule has 0 aliphatic heterocycles. The van der Waals surface area contributed by atoms with E-state index in [9.17, 15) is 14.4 Å². The highest BCUT2D eigenvalue weighted by Gasteiger charge is 2.20. The monoisotopic (exact) mass is 265 g/mol. The number of carbonyl (C=O) groups excluding carboxylic acids is 1. The summed E-state index contributed by atoms with van der Waals surface area (Å²) in [4.78, 5) is 38.0. The fourth-order valence-corrected chi connectivity index (χ4v) is 1.85. The lowest BCUT2D eigenvalue weighted by Crippen LogP contribution is -2.39. The van der Waals surface area contributed by atoms with Crippen LogP contribution < -0.4 is 22.0 Å². The fourth-order valence-electron chi connectivity index (χ4n) is 1.85. The Morgan fingerprint density at radius 1 is 1.32 bits per heavy atom. The van der Waals surface area contributed by atoms with Crippen LogP contribution in [0.5, 0.6) is 0 Å². The summed E-state index contributed by atoms with van der Waals surface area (Å²) in [5.74, 6) is -0.630. The second-order valence-corrected chi connectivity index (χ2v) is 4.06. The number of nitrogens with one attached hydrogen (secondary N) is 1. The number of esters is 1. The van der Waals surface area contributed by atoms with Gasteiger partial charge in [-0.3, -0.25) is 4.79 Å². The summed E-state index contributed by atoms with van der Waals surface area (Å²) in [7, 11) is 4.07. The van der Waals surface area contributed by atoms with Crippen LogP contribution in [0.1, 0.15) is 10.4 Å². The van der Waals surface area contributed by atoms with Crippen molar-refractivity contribution in [3.63, 3.8) is 0 Å². The van der Waals surface area contributed by atoms with Gasteiger partial charge in [-0.05, 0) is 6.07 Å². The quantitative estimate of drug-likeness (QED) is 0.626. The van der Waals surface area contributed by atoms with Crippen LogP contribution in [-0.4, -0.2) is 22.2 Å². The number of rotatable bonds is 1. The predicted molar refractivity (Wildman–Crippen MR) is 66.7 cm³/mol. The summed E-state index contributed by atoms with van der Waals surface area (Å²) >= 11 is 0. The maximum absolute atomic E-state index is 12.0. The Bertz CT molecular complexity index is 803. The Labute approximate surface area is 107 Å². The summed E-state index contributed by atoms with van der Waals surface area (Å²) in [6.45, 7) is 0. The standard InChI is InChI=1S/C11H12N4O4/c1-14-8-6(9(16)15(2)11(14)18)4-5(7(12)13-8)10(17)19-3/h4H,1-3H3,(H2,12,13)/p+1. The molecule has 0 saturated heterocycles. The molecule has 0 bridgehead atoms. The van der Waals surface area contributed by atoms with Gasteiger partial charge in [-0.25, -0.2) is 23.7 Å². The number of nitrogen functional groups attached to an aromatic ring is 1. The van der Waals surface area contributed by atoms with Crippen LogP contribution in [-0.2, 0) is 18.8 Å². The maximum atomic E-state index is 12.0. The van der Waals surface area contributed by atoms with Gasteiger partial charge in [-0.15, -0.1) is 0 Å². The van der Waals surface area contributed by atoms with Crippen LogP contribution in [0.25, 0.3) is 11.0 Å². The number of aromatic amines is 1. The lowest BCUT2D eigenvalue weighted by Gasteiger charge is -2.05. The molecule has 0 radical (unpaired) electrons. The lowest BCUT2D eigenvalue weighted by molar-refractivity contribution is -0.332. The number of ether oxygens (including phenoxy) is 1. The minimum Gasteiger partial charge on any atom is -0.465 e. The number of carbonyl (C=O) groups is 1. The zero-order valence-electron chi connectivity index (χ0n) is 10.7. The normalized spacial score (nSPS) is 10.7. The number of nitrogens with two attached hydrogens (primary N) is 1. The molecule has 0 fully saturated rings. The third-order valence-corrected chi connectivity index (χ3v) is 2.94. The van der Waals surface area contributed by atoms with Crippen LogP contribution in [0.3, 0.4) is 0 Å². The minimum atomic E-state index is -0.661. The zero-order chi connectivity index (χ0) is 14.3. The molecule has 0 aromatic carbocycles. The van der Waals surface area contributed by atoms with E-state index < -0.39 is 17.2 Å². The van der Waals surface area contributed by atoms with Gasteiger partial charge in [-0.1, -0.05) is 0 Å². The summed E-state index contributed by atoms with van der Waals surface area (Å²) in [6.07, 6.45) is 0. The van der Waals surface area contributed by atoms with E-state index >= 15 is 0 Å². The highest BCUT2D eigenvalue weighted by atomic mass is 16.5. The van der Waals surface area contributed by atoms with Crippen molar-refractivity contribution in [1.82, 2.24) is 9.13 Å². The average Bonchev–Trinajstić information content (AvgIpc) is 2.41. The van der Waals surface area contributed by atoms with Gasteiger partial charge in [0, 0.05) is 7.05 Å². The van der Waals surface area contributed by atoms with E-state index in [0.717, 1.165) is 4.57 Å². The molecule has 2 aromatic rings. The van der Waals surface area contributed by atoms with Crippen LogP contribution in [0.15, 0.2) is 15.7 Å². The van der Waals surface area contributed by atoms with Crippen molar-refractivity contribution < 1.29 is 14.5 Å². The Balaban J connectivity index is 2.99. The smallest absolute Gasteiger partial charge is 0.388 e. The van der Waals surface area contributed by atoms with Crippen LogP contribution in [0.4, 0.5) is 5.82 Å². The Hall–Kier alpha value is -2.64. The van der Waals surface area contributed by atoms with Gasteiger partial charge in [0.05, 0.1) is 14.2 Å². The third kappa shape index (κ3) is 1.77. The third-order valence-electron chi connectivity index (χ3n) is 2.94.